The second-order valence-corrected chi connectivity index (χ2v) is 7.98. The molecule has 8 heteroatoms. The first-order valence-electron chi connectivity index (χ1n) is 10.4. The lowest BCUT2D eigenvalue weighted by Gasteiger charge is -2.26. The van der Waals surface area contributed by atoms with Crippen LogP contribution in [0.3, 0.4) is 0 Å². The van der Waals surface area contributed by atoms with E-state index in [4.69, 9.17) is 31.5 Å². The van der Waals surface area contributed by atoms with Crippen LogP contribution in [0.15, 0.2) is 84.3 Å². The molecule has 0 amide bonds. The fourth-order valence-electron chi connectivity index (χ4n) is 3.66. The molecule has 0 saturated heterocycles. The normalized spacial score (nSPS) is 14.6. The SMILES string of the molecule is COC(=O)c1ccc(C2C(C#N)=C(N)Oc3cc(OC(=O)/C=C/c4ccc(Cl)cc4)ccc32)cc1. The second-order valence-electron chi connectivity index (χ2n) is 7.54. The number of allylic oxidation sites excluding steroid dienone is 1. The molecule has 7 nitrogen and oxygen atoms in total. The molecular weight excluding hydrogens is 468 g/mol. The number of nitrogens with zero attached hydrogens (tertiary/aromatic N) is 1. The minimum Gasteiger partial charge on any atom is -0.465 e. The average molecular weight is 487 g/mol. The van der Waals surface area contributed by atoms with E-state index < -0.39 is 17.9 Å². The Morgan fingerprint density at radius 2 is 1.80 bits per heavy atom. The number of hydrogen-bond acceptors (Lipinski definition) is 7. The first-order chi connectivity index (χ1) is 16.9. The Hall–Kier alpha value is -4.54. The summed E-state index contributed by atoms with van der Waals surface area (Å²) in [4.78, 5) is 24.1. The maximum Gasteiger partial charge on any atom is 0.337 e. The molecular formula is C27H19ClN2O5. The van der Waals surface area contributed by atoms with Crippen molar-refractivity contribution in [1.82, 2.24) is 0 Å². The zero-order valence-corrected chi connectivity index (χ0v) is 19.3. The first-order valence-corrected chi connectivity index (χ1v) is 10.8. The van der Waals surface area contributed by atoms with E-state index in [-0.39, 0.29) is 17.2 Å². The highest BCUT2D eigenvalue weighted by Crippen LogP contribution is 2.43. The van der Waals surface area contributed by atoms with Gasteiger partial charge in [-0.15, -0.1) is 0 Å². The van der Waals surface area contributed by atoms with Crippen LogP contribution >= 0.6 is 11.6 Å². The fourth-order valence-corrected chi connectivity index (χ4v) is 3.79. The van der Waals surface area contributed by atoms with Gasteiger partial charge >= 0.3 is 11.9 Å². The lowest BCUT2D eigenvalue weighted by atomic mass is 9.83. The van der Waals surface area contributed by atoms with Gasteiger partial charge in [0.1, 0.15) is 23.1 Å². The van der Waals surface area contributed by atoms with Gasteiger partial charge in [-0.1, -0.05) is 41.9 Å². The zero-order valence-electron chi connectivity index (χ0n) is 18.5. The molecule has 0 aromatic heterocycles. The number of benzene rings is 3. The molecule has 0 aliphatic carbocycles. The van der Waals surface area contributed by atoms with Gasteiger partial charge in [0, 0.05) is 22.7 Å². The number of nitrogens with two attached hydrogens (primary N) is 1. The molecule has 0 fully saturated rings. The first kappa shape index (κ1) is 23.6. The number of ether oxygens (including phenoxy) is 3. The van der Waals surface area contributed by atoms with Crippen LogP contribution in [0, 0.1) is 11.3 Å². The van der Waals surface area contributed by atoms with Gasteiger partial charge < -0.3 is 19.9 Å². The molecule has 0 spiro atoms. The van der Waals surface area contributed by atoms with E-state index in [0.29, 0.717) is 21.9 Å². The topological polar surface area (TPSA) is 112 Å². The fraction of sp³-hybridized carbons (Fsp3) is 0.0741. The maximum atomic E-state index is 12.3. The van der Waals surface area contributed by atoms with Gasteiger partial charge in [0.15, 0.2) is 0 Å². The van der Waals surface area contributed by atoms with Crippen molar-refractivity contribution >= 4 is 29.6 Å². The van der Waals surface area contributed by atoms with E-state index in [9.17, 15) is 14.9 Å². The highest BCUT2D eigenvalue weighted by molar-refractivity contribution is 6.30. The number of carbonyl (C=O) groups excluding carboxylic acids is 2. The highest BCUT2D eigenvalue weighted by Gasteiger charge is 2.31. The van der Waals surface area contributed by atoms with Crippen molar-refractivity contribution in [1.29, 1.82) is 5.26 Å². The van der Waals surface area contributed by atoms with Crippen LogP contribution in [0.5, 0.6) is 11.5 Å². The predicted molar refractivity (Wildman–Crippen MR) is 130 cm³/mol. The van der Waals surface area contributed by atoms with Gasteiger partial charge in [-0.25, -0.2) is 9.59 Å². The lowest BCUT2D eigenvalue weighted by Crippen LogP contribution is -2.21. The molecule has 0 bridgehead atoms. The molecule has 1 unspecified atom stereocenters. The summed E-state index contributed by atoms with van der Waals surface area (Å²) in [5.41, 5.74) is 8.85. The van der Waals surface area contributed by atoms with Crippen molar-refractivity contribution in [2.75, 3.05) is 7.11 Å². The van der Waals surface area contributed by atoms with Gasteiger partial charge in [-0.3, -0.25) is 0 Å². The molecule has 1 aliphatic rings. The van der Waals surface area contributed by atoms with Crippen molar-refractivity contribution < 1.29 is 23.8 Å². The Bertz CT molecular complexity index is 1390. The monoisotopic (exact) mass is 486 g/mol. The van der Waals surface area contributed by atoms with E-state index in [1.165, 1.54) is 13.2 Å². The average Bonchev–Trinajstić information content (AvgIpc) is 2.87. The minimum absolute atomic E-state index is 0.0480. The summed E-state index contributed by atoms with van der Waals surface area (Å²) in [5.74, 6) is -1.00. The second kappa shape index (κ2) is 10.2. The molecule has 0 radical (unpaired) electrons. The summed E-state index contributed by atoms with van der Waals surface area (Å²) in [6, 6.07) is 20.7. The summed E-state index contributed by atoms with van der Waals surface area (Å²) in [7, 11) is 1.31. The Morgan fingerprint density at radius 3 is 2.46 bits per heavy atom. The summed E-state index contributed by atoms with van der Waals surface area (Å²) in [6.07, 6.45) is 2.92. The van der Waals surface area contributed by atoms with Gasteiger partial charge in [0.25, 0.3) is 0 Å². The molecule has 1 atom stereocenters. The molecule has 2 N–H and O–H groups in total. The molecule has 1 aliphatic heterocycles. The van der Waals surface area contributed by atoms with Crippen LogP contribution in [0.4, 0.5) is 0 Å². The lowest BCUT2D eigenvalue weighted by molar-refractivity contribution is -0.128. The molecule has 1 heterocycles. The van der Waals surface area contributed by atoms with Crippen LogP contribution < -0.4 is 15.2 Å². The smallest absolute Gasteiger partial charge is 0.337 e. The summed E-state index contributed by atoms with van der Waals surface area (Å²) >= 11 is 5.87. The molecule has 3 aromatic rings. The number of esters is 2. The van der Waals surface area contributed by atoms with E-state index in [0.717, 1.165) is 11.1 Å². The van der Waals surface area contributed by atoms with Crippen molar-refractivity contribution in [2.45, 2.75) is 5.92 Å². The quantitative estimate of drug-likeness (QED) is 0.308. The van der Waals surface area contributed by atoms with Crippen molar-refractivity contribution in [3.63, 3.8) is 0 Å². The zero-order chi connectivity index (χ0) is 24.9. The maximum absolute atomic E-state index is 12.3. The molecule has 35 heavy (non-hydrogen) atoms. The Kier molecular flexibility index (Phi) is 6.86. The minimum atomic E-state index is -0.577. The Morgan fingerprint density at radius 1 is 1.09 bits per heavy atom. The van der Waals surface area contributed by atoms with Crippen LogP contribution in [0.2, 0.25) is 5.02 Å². The number of methoxy groups -OCH3 is 1. The molecule has 4 rings (SSSR count). The van der Waals surface area contributed by atoms with E-state index >= 15 is 0 Å². The van der Waals surface area contributed by atoms with Gasteiger partial charge in [0.05, 0.1) is 18.6 Å². The highest BCUT2D eigenvalue weighted by atomic mass is 35.5. The largest absolute Gasteiger partial charge is 0.465 e. The van der Waals surface area contributed by atoms with Crippen LogP contribution in [0.1, 0.15) is 33.0 Å². The van der Waals surface area contributed by atoms with Crippen molar-refractivity contribution in [3.05, 3.63) is 112 Å². The number of nitriles is 1. The third kappa shape index (κ3) is 5.18. The van der Waals surface area contributed by atoms with Crippen molar-refractivity contribution in [3.8, 4) is 17.6 Å². The standard InChI is InChI=1S/C27H19ClN2O5/c1-33-27(32)18-7-5-17(6-8-18)25-21-12-11-20(14-23(21)35-26(30)22(25)15-29)34-24(31)13-4-16-2-9-19(28)10-3-16/h2-14,25H,30H2,1H3/b13-4+. The number of halogens is 1. The van der Waals surface area contributed by atoms with Gasteiger partial charge in [0.2, 0.25) is 5.88 Å². The van der Waals surface area contributed by atoms with E-state index in [2.05, 4.69) is 6.07 Å². The van der Waals surface area contributed by atoms with Crippen LogP contribution in [-0.2, 0) is 9.53 Å². The number of hydrogen-bond donors (Lipinski definition) is 1. The Labute approximate surface area is 206 Å². The van der Waals surface area contributed by atoms with E-state index in [1.54, 1.807) is 72.8 Å². The number of rotatable bonds is 5. The van der Waals surface area contributed by atoms with Crippen molar-refractivity contribution in [2.24, 2.45) is 5.73 Å². The predicted octanol–water partition coefficient (Wildman–Crippen LogP) is 4.96. The summed E-state index contributed by atoms with van der Waals surface area (Å²) < 4.78 is 15.8. The summed E-state index contributed by atoms with van der Waals surface area (Å²) in [5, 5.41) is 10.3. The summed E-state index contributed by atoms with van der Waals surface area (Å²) in [6.45, 7) is 0. The molecule has 3 aromatic carbocycles. The molecule has 0 saturated carbocycles. The van der Waals surface area contributed by atoms with Crippen LogP contribution in [0.25, 0.3) is 6.08 Å². The number of fused-ring (bicyclic) bond motifs is 1. The molecule has 174 valence electrons. The van der Waals surface area contributed by atoms with Crippen LogP contribution in [-0.4, -0.2) is 19.0 Å². The van der Waals surface area contributed by atoms with Gasteiger partial charge in [-0.05, 0) is 47.5 Å². The van der Waals surface area contributed by atoms with Gasteiger partial charge in [-0.2, -0.15) is 5.26 Å². The number of carbonyl (C=O) groups is 2. The van der Waals surface area contributed by atoms with E-state index in [1.807, 2.05) is 0 Å². The Balaban J connectivity index is 1.59. The third-order valence-electron chi connectivity index (χ3n) is 5.36. The third-order valence-corrected chi connectivity index (χ3v) is 5.61.